The van der Waals surface area contributed by atoms with Crippen molar-refractivity contribution in [3.8, 4) is 0 Å². The predicted octanol–water partition coefficient (Wildman–Crippen LogP) is 1.21. The molecule has 0 fully saturated rings. The standard InChI is InChI=1S/C12H19NO2/c1-3-13-9(2)8-10-4-6-11(7-5-10)12(14)15/h4-7,9,12-15H,3,8H2,1-2H3/t9-/m1/s1. The van der Waals surface area contributed by atoms with Gasteiger partial charge < -0.3 is 15.5 Å². The van der Waals surface area contributed by atoms with Crippen molar-refractivity contribution in [1.29, 1.82) is 0 Å². The van der Waals surface area contributed by atoms with Gasteiger partial charge in [0.1, 0.15) is 0 Å². The highest BCUT2D eigenvalue weighted by atomic mass is 16.5. The maximum absolute atomic E-state index is 8.92. The van der Waals surface area contributed by atoms with Crippen LogP contribution in [-0.4, -0.2) is 22.8 Å². The van der Waals surface area contributed by atoms with Crippen LogP contribution in [0.2, 0.25) is 0 Å². The molecule has 3 heteroatoms. The topological polar surface area (TPSA) is 52.5 Å². The van der Waals surface area contributed by atoms with Crippen LogP contribution in [-0.2, 0) is 6.42 Å². The van der Waals surface area contributed by atoms with Gasteiger partial charge in [-0.3, -0.25) is 0 Å². The summed E-state index contributed by atoms with van der Waals surface area (Å²) < 4.78 is 0. The van der Waals surface area contributed by atoms with E-state index in [1.807, 2.05) is 12.1 Å². The van der Waals surface area contributed by atoms with Crippen LogP contribution < -0.4 is 5.32 Å². The Morgan fingerprint density at radius 2 is 1.80 bits per heavy atom. The van der Waals surface area contributed by atoms with Gasteiger partial charge in [0.25, 0.3) is 0 Å². The van der Waals surface area contributed by atoms with Gasteiger partial charge in [0.2, 0.25) is 0 Å². The predicted molar refractivity (Wildman–Crippen MR) is 60.5 cm³/mol. The zero-order valence-electron chi connectivity index (χ0n) is 9.27. The van der Waals surface area contributed by atoms with Crippen molar-refractivity contribution in [2.45, 2.75) is 32.6 Å². The molecule has 0 heterocycles. The quantitative estimate of drug-likeness (QED) is 0.639. The molecule has 0 saturated carbocycles. The van der Waals surface area contributed by atoms with Crippen molar-refractivity contribution in [1.82, 2.24) is 5.32 Å². The molecule has 3 nitrogen and oxygen atoms in total. The molecular formula is C12H19NO2. The Morgan fingerprint density at radius 1 is 1.20 bits per heavy atom. The van der Waals surface area contributed by atoms with E-state index >= 15 is 0 Å². The lowest BCUT2D eigenvalue weighted by Gasteiger charge is -2.12. The minimum atomic E-state index is -1.37. The van der Waals surface area contributed by atoms with Gasteiger partial charge in [-0.15, -0.1) is 0 Å². The summed E-state index contributed by atoms with van der Waals surface area (Å²) in [6, 6.07) is 7.81. The Kier molecular flexibility index (Phi) is 4.75. The minimum Gasteiger partial charge on any atom is -0.364 e. The third kappa shape index (κ3) is 4.00. The summed E-state index contributed by atoms with van der Waals surface area (Å²) in [6.45, 7) is 5.19. The van der Waals surface area contributed by atoms with Gasteiger partial charge in [0.05, 0.1) is 0 Å². The van der Waals surface area contributed by atoms with Crippen LogP contribution in [0.4, 0.5) is 0 Å². The monoisotopic (exact) mass is 209 g/mol. The Labute approximate surface area is 90.8 Å². The molecule has 3 N–H and O–H groups in total. The number of benzene rings is 1. The Hall–Kier alpha value is -0.900. The summed E-state index contributed by atoms with van der Waals surface area (Å²) in [5.41, 5.74) is 1.74. The number of nitrogens with one attached hydrogen (secondary N) is 1. The van der Waals surface area contributed by atoms with Crippen molar-refractivity contribution < 1.29 is 10.2 Å². The molecule has 1 aromatic carbocycles. The first-order valence-electron chi connectivity index (χ1n) is 5.31. The lowest BCUT2D eigenvalue weighted by atomic mass is 10.1. The van der Waals surface area contributed by atoms with E-state index in [-0.39, 0.29) is 0 Å². The maximum atomic E-state index is 8.92. The molecule has 1 aromatic rings. The van der Waals surface area contributed by atoms with Crippen LogP contribution in [0.3, 0.4) is 0 Å². The molecule has 0 aliphatic heterocycles. The van der Waals surface area contributed by atoms with Crippen LogP contribution in [0.25, 0.3) is 0 Å². The number of aliphatic hydroxyl groups is 2. The average molecular weight is 209 g/mol. The van der Waals surface area contributed by atoms with Crippen molar-refractivity contribution in [3.05, 3.63) is 35.4 Å². The first-order valence-corrected chi connectivity index (χ1v) is 5.31. The van der Waals surface area contributed by atoms with Crippen LogP contribution in [0.15, 0.2) is 24.3 Å². The van der Waals surface area contributed by atoms with Gasteiger partial charge in [0, 0.05) is 11.6 Å². The van der Waals surface area contributed by atoms with Gasteiger partial charge in [-0.25, -0.2) is 0 Å². The molecule has 84 valence electrons. The van der Waals surface area contributed by atoms with E-state index in [1.165, 1.54) is 5.56 Å². The van der Waals surface area contributed by atoms with Gasteiger partial charge in [-0.1, -0.05) is 31.2 Å². The number of aliphatic hydroxyl groups excluding tert-OH is 1. The molecule has 0 bridgehead atoms. The molecule has 0 radical (unpaired) electrons. The lowest BCUT2D eigenvalue weighted by Crippen LogP contribution is -2.27. The molecular weight excluding hydrogens is 190 g/mol. The fourth-order valence-electron chi connectivity index (χ4n) is 1.60. The van der Waals surface area contributed by atoms with Crippen LogP contribution in [0.1, 0.15) is 31.3 Å². The first-order chi connectivity index (χ1) is 7.13. The Morgan fingerprint density at radius 3 is 2.27 bits per heavy atom. The molecule has 1 rings (SSSR count). The van der Waals surface area contributed by atoms with Gasteiger partial charge in [-0.05, 0) is 25.5 Å². The summed E-state index contributed by atoms with van der Waals surface area (Å²) >= 11 is 0. The first kappa shape index (κ1) is 12.2. The van der Waals surface area contributed by atoms with Crippen molar-refractivity contribution in [2.75, 3.05) is 6.54 Å². The minimum absolute atomic E-state index is 0.444. The van der Waals surface area contributed by atoms with Crippen LogP contribution >= 0.6 is 0 Å². The highest BCUT2D eigenvalue weighted by molar-refractivity contribution is 5.23. The van der Waals surface area contributed by atoms with Gasteiger partial charge in [-0.2, -0.15) is 0 Å². The second-order valence-corrected chi connectivity index (χ2v) is 3.78. The van der Waals surface area contributed by atoms with Crippen LogP contribution in [0.5, 0.6) is 0 Å². The van der Waals surface area contributed by atoms with E-state index in [9.17, 15) is 0 Å². The number of hydrogen-bond acceptors (Lipinski definition) is 3. The van der Waals surface area contributed by atoms with Gasteiger partial charge in [0.15, 0.2) is 6.29 Å². The third-order valence-electron chi connectivity index (χ3n) is 2.37. The number of hydrogen-bond donors (Lipinski definition) is 3. The van der Waals surface area contributed by atoms with Crippen LogP contribution in [0, 0.1) is 0 Å². The largest absolute Gasteiger partial charge is 0.364 e. The van der Waals surface area contributed by atoms with E-state index in [0.717, 1.165) is 13.0 Å². The summed E-state index contributed by atoms with van der Waals surface area (Å²) in [7, 11) is 0. The summed E-state index contributed by atoms with van der Waals surface area (Å²) in [5, 5.41) is 21.2. The second kappa shape index (κ2) is 5.85. The molecule has 0 unspecified atom stereocenters. The zero-order valence-corrected chi connectivity index (χ0v) is 9.27. The van der Waals surface area contributed by atoms with E-state index in [1.54, 1.807) is 12.1 Å². The molecule has 0 aliphatic rings. The smallest absolute Gasteiger partial charge is 0.178 e. The molecule has 0 aliphatic carbocycles. The van der Waals surface area contributed by atoms with E-state index in [2.05, 4.69) is 19.2 Å². The van der Waals surface area contributed by atoms with Crippen molar-refractivity contribution in [3.63, 3.8) is 0 Å². The maximum Gasteiger partial charge on any atom is 0.178 e. The molecule has 0 amide bonds. The SMILES string of the molecule is CCN[C@H](C)Cc1ccc(C(O)O)cc1. The molecule has 0 spiro atoms. The van der Waals surface area contributed by atoms with E-state index in [4.69, 9.17) is 10.2 Å². The van der Waals surface area contributed by atoms with Gasteiger partial charge >= 0.3 is 0 Å². The van der Waals surface area contributed by atoms with Crippen molar-refractivity contribution >= 4 is 0 Å². The molecule has 0 saturated heterocycles. The Balaban J connectivity index is 2.56. The van der Waals surface area contributed by atoms with E-state index in [0.29, 0.717) is 11.6 Å². The van der Waals surface area contributed by atoms with E-state index < -0.39 is 6.29 Å². The number of rotatable bonds is 5. The third-order valence-corrected chi connectivity index (χ3v) is 2.37. The summed E-state index contributed by atoms with van der Waals surface area (Å²) in [4.78, 5) is 0. The Bertz CT molecular complexity index is 282. The average Bonchev–Trinajstić information content (AvgIpc) is 2.18. The molecule has 15 heavy (non-hydrogen) atoms. The summed E-state index contributed by atoms with van der Waals surface area (Å²) in [6.07, 6.45) is -0.416. The second-order valence-electron chi connectivity index (χ2n) is 3.78. The number of likely N-dealkylation sites (N-methyl/N-ethyl adjacent to an activating group) is 1. The van der Waals surface area contributed by atoms with Crippen molar-refractivity contribution in [2.24, 2.45) is 0 Å². The summed E-state index contributed by atoms with van der Waals surface area (Å²) in [5.74, 6) is 0. The molecule has 1 atom stereocenters. The fourth-order valence-corrected chi connectivity index (χ4v) is 1.60. The fraction of sp³-hybridized carbons (Fsp3) is 0.500. The highest BCUT2D eigenvalue weighted by Gasteiger charge is 2.04. The highest BCUT2D eigenvalue weighted by Crippen LogP contribution is 2.12. The zero-order chi connectivity index (χ0) is 11.3. The molecule has 0 aromatic heterocycles. The normalized spacial score (nSPS) is 13.1. The lowest BCUT2D eigenvalue weighted by molar-refractivity contribution is -0.0424.